The Morgan fingerprint density at radius 3 is 2.74 bits per heavy atom. The lowest BCUT2D eigenvalue weighted by Crippen LogP contribution is -2.24. The monoisotopic (exact) mass is 265 g/mol. The van der Waals surface area contributed by atoms with Crippen molar-refractivity contribution >= 4 is 0 Å². The van der Waals surface area contributed by atoms with E-state index >= 15 is 0 Å². The Bertz CT molecular complexity index is 361. The van der Waals surface area contributed by atoms with E-state index in [2.05, 4.69) is 22.0 Å². The lowest BCUT2D eigenvalue weighted by molar-refractivity contribution is 0.294. The fourth-order valence-corrected chi connectivity index (χ4v) is 3.26. The number of nitrogens with zero attached hydrogens (tertiary/aromatic N) is 2. The maximum Gasteiger partial charge on any atom is 0.161 e. The minimum Gasteiger partial charge on any atom is -0.493 e. The highest BCUT2D eigenvalue weighted by molar-refractivity contribution is 5.28. The highest BCUT2D eigenvalue weighted by atomic mass is 16.5. The van der Waals surface area contributed by atoms with E-state index in [9.17, 15) is 0 Å². The summed E-state index contributed by atoms with van der Waals surface area (Å²) < 4.78 is 7.53. The highest BCUT2D eigenvalue weighted by Crippen LogP contribution is 2.34. The largest absolute Gasteiger partial charge is 0.493 e. The molecule has 0 spiro atoms. The average molecular weight is 265 g/mol. The number of hydrogen-bond donors (Lipinski definition) is 1. The number of ether oxygens (including phenoxy) is 1. The van der Waals surface area contributed by atoms with E-state index < -0.39 is 0 Å². The lowest BCUT2D eigenvalue weighted by atomic mass is 9.84. The molecule has 1 fully saturated rings. The number of nitrogens with one attached hydrogen (secondary N) is 1. The van der Waals surface area contributed by atoms with E-state index in [0.717, 1.165) is 18.2 Å². The fourth-order valence-electron chi connectivity index (χ4n) is 3.26. The molecule has 1 aliphatic rings. The van der Waals surface area contributed by atoms with Gasteiger partial charge in [0.2, 0.25) is 0 Å². The second-order valence-electron chi connectivity index (χ2n) is 5.49. The molecular weight excluding hydrogens is 238 g/mol. The topological polar surface area (TPSA) is 39.1 Å². The minimum atomic E-state index is 0.348. The number of aryl methyl sites for hydroxylation is 1. The predicted octanol–water partition coefficient (Wildman–Crippen LogP) is 3.14. The van der Waals surface area contributed by atoms with Crippen LogP contribution in [0.3, 0.4) is 0 Å². The zero-order valence-corrected chi connectivity index (χ0v) is 12.5. The van der Waals surface area contributed by atoms with Gasteiger partial charge in [0.15, 0.2) is 5.75 Å². The standard InChI is InChI=1S/C15H27N3O/c1-4-18-15(14(19-3)11-17-18)13(16-2)10-12-8-6-5-7-9-12/h11-13,16H,4-10H2,1-3H3. The van der Waals surface area contributed by atoms with Gasteiger partial charge in [-0.05, 0) is 26.3 Å². The van der Waals surface area contributed by atoms with Gasteiger partial charge in [0.25, 0.3) is 0 Å². The van der Waals surface area contributed by atoms with Crippen LogP contribution >= 0.6 is 0 Å². The number of aromatic nitrogens is 2. The van der Waals surface area contributed by atoms with Gasteiger partial charge in [-0.3, -0.25) is 4.68 Å². The Balaban J connectivity index is 2.13. The molecule has 1 aliphatic carbocycles. The second-order valence-corrected chi connectivity index (χ2v) is 5.49. The van der Waals surface area contributed by atoms with Crippen LogP contribution in [0.25, 0.3) is 0 Å². The Morgan fingerprint density at radius 2 is 2.16 bits per heavy atom. The molecule has 0 amide bonds. The first kappa shape index (κ1) is 14.4. The van der Waals surface area contributed by atoms with Crippen LogP contribution in [0.4, 0.5) is 0 Å². The lowest BCUT2D eigenvalue weighted by Gasteiger charge is -2.27. The molecule has 4 nitrogen and oxygen atoms in total. The molecule has 0 radical (unpaired) electrons. The van der Waals surface area contributed by atoms with Crippen molar-refractivity contribution in [3.63, 3.8) is 0 Å². The Labute approximate surface area is 116 Å². The summed E-state index contributed by atoms with van der Waals surface area (Å²) in [5.74, 6) is 1.76. The molecule has 1 N–H and O–H groups in total. The molecule has 0 saturated heterocycles. The zero-order chi connectivity index (χ0) is 13.7. The zero-order valence-electron chi connectivity index (χ0n) is 12.5. The van der Waals surface area contributed by atoms with Crippen molar-refractivity contribution in [2.75, 3.05) is 14.2 Å². The van der Waals surface area contributed by atoms with Crippen LogP contribution in [0.1, 0.15) is 57.2 Å². The summed E-state index contributed by atoms with van der Waals surface area (Å²) in [4.78, 5) is 0. The molecule has 4 heteroatoms. The third-order valence-corrected chi connectivity index (χ3v) is 4.34. The van der Waals surface area contributed by atoms with Crippen molar-refractivity contribution in [2.24, 2.45) is 5.92 Å². The maximum absolute atomic E-state index is 5.48. The molecule has 1 heterocycles. The van der Waals surface area contributed by atoms with Gasteiger partial charge in [0.05, 0.1) is 25.0 Å². The second kappa shape index (κ2) is 6.94. The van der Waals surface area contributed by atoms with Crippen LogP contribution < -0.4 is 10.1 Å². The molecule has 1 atom stereocenters. The van der Waals surface area contributed by atoms with Gasteiger partial charge in [-0.15, -0.1) is 0 Å². The van der Waals surface area contributed by atoms with Crippen LogP contribution in [0.5, 0.6) is 5.75 Å². The van der Waals surface area contributed by atoms with Crippen molar-refractivity contribution in [2.45, 2.75) is 58.0 Å². The average Bonchev–Trinajstić information content (AvgIpc) is 2.88. The first-order valence-corrected chi connectivity index (χ1v) is 7.57. The number of rotatable bonds is 6. The van der Waals surface area contributed by atoms with Crippen LogP contribution in [0.2, 0.25) is 0 Å². The van der Waals surface area contributed by atoms with Gasteiger partial charge in [0.1, 0.15) is 0 Å². The number of hydrogen-bond acceptors (Lipinski definition) is 3. The van der Waals surface area contributed by atoms with Crippen molar-refractivity contribution in [3.8, 4) is 5.75 Å². The summed E-state index contributed by atoms with van der Waals surface area (Å²) in [7, 11) is 3.77. The quantitative estimate of drug-likeness (QED) is 0.859. The first-order chi connectivity index (χ1) is 9.30. The molecule has 0 aromatic carbocycles. The Hall–Kier alpha value is -1.03. The summed E-state index contributed by atoms with van der Waals surface area (Å²) in [5, 5.41) is 7.88. The summed E-state index contributed by atoms with van der Waals surface area (Å²) in [6.45, 7) is 3.02. The fraction of sp³-hybridized carbons (Fsp3) is 0.800. The highest BCUT2D eigenvalue weighted by Gasteiger charge is 2.24. The van der Waals surface area contributed by atoms with Gasteiger partial charge in [-0.25, -0.2) is 0 Å². The molecule has 19 heavy (non-hydrogen) atoms. The van der Waals surface area contributed by atoms with Gasteiger partial charge in [-0.2, -0.15) is 5.10 Å². The minimum absolute atomic E-state index is 0.348. The predicted molar refractivity (Wildman–Crippen MR) is 77.4 cm³/mol. The number of methoxy groups -OCH3 is 1. The van der Waals surface area contributed by atoms with Gasteiger partial charge in [-0.1, -0.05) is 32.1 Å². The van der Waals surface area contributed by atoms with Crippen molar-refractivity contribution in [3.05, 3.63) is 11.9 Å². The molecule has 0 aliphatic heterocycles. The van der Waals surface area contributed by atoms with Crippen molar-refractivity contribution in [1.29, 1.82) is 0 Å². The van der Waals surface area contributed by atoms with Crippen LogP contribution in [-0.2, 0) is 6.54 Å². The van der Waals surface area contributed by atoms with Gasteiger partial charge < -0.3 is 10.1 Å². The molecule has 1 unspecified atom stereocenters. The van der Waals surface area contributed by atoms with Crippen LogP contribution in [0, 0.1) is 5.92 Å². The SMILES string of the molecule is CCn1ncc(OC)c1C(CC1CCCCC1)NC. The molecule has 1 aromatic heterocycles. The normalized spacial score (nSPS) is 18.5. The van der Waals surface area contributed by atoms with E-state index in [4.69, 9.17) is 4.74 Å². The third kappa shape index (κ3) is 3.30. The molecule has 2 rings (SSSR count). The van der Waals surface area contributed by atoms with E-state index in [0.29, 0.717) is 6.04 Å². The summed E-state index contributed by atoms with van der Waals surface area (Å²) >= 11 is 0. The first-order valence-electron chi connectivity index (χ1n) is 7.57. The van der Waals surface area contributed by atoms with Gasteiger partial charge in [0, 0.05) is 6.54 Å². The summed E-state index contributed by atoms with van der Waals surface area (Å²) in [6, 6.07) is 0.348. The van der Waals surface area contributed by atoms with Crippen molar-refractivity contribution < 1.29 is 4.74 Å². The molecule has 0 bridgehead atoms. The van der Waals surface area contributed by atoms with E-state index in [1.165, 1.54) is 44.2 Å². The third-order valence-electron chi connectivity index (χ3n) is 4.34. The van der Waals surface area contributed by atoms with Crippen molar-refractivity contribution in [1.82, 2.24) is 15.1 Å². The van der Waals surface area contributed by atoms with E-state index in [1.807, 2.05) is 13.2 Å². The Kier molecular flexibility index (Phi) is 5.25. The maximum atomic E-state index is 5.48. The summed E-state index contributed by atoms with van der Waals surface area (Å²) in [6.07, 6.45) is 9.98. The van der Waals surface area contributed by atoms with E-state index in [1.54, 1.807) is 7.11 Å². The molecular formula is C15H27N3O. The Morgan fingerprint density at radius 1 is 1.42 bits per heavy atom. The van der Waals surface area contributed by atoms with Gasteiger partial charge >= 0.3 is 0 Å². The van der Waals surface area contributed by atoms with Crippen LogP contribution in [-0.4, -0.2) is 23.9 Å². The van der Waals surface area contributed by atoms with E-state index in [-0.39, 0.29) is 0 Å². The summed E-state index contributed by atoms with van der Waals surface area (Å²) in [5.41, 5.74) is 1.21. The van der Waals surface area contributed by atoms with Crippen LogP contribution in [0.15, 0.2) is 6.20 Å². The molecule has 1 saturated carbocycles. The molecule has 108 valence electrons. The smallest absolute Gasteiger partial charge is 0.161 e. The molecule has 1 aromatic rings.